The molecule has 0 saturated heterocycles. The van der Waals surface area contributed by atoms with Gasteiger partial charge in [-0.3, -0.25) is 4.79 Å². The van der Waals surface area contributed by atoms with Gasteiger partial charge >= 0.3 is 12.1 Å². The van der Waals surface area contributed by atoms with E-state index in [9.17, 15) is 19.5 Å². The van der Waals surface area contributed by atoms with Crippen LogP contribution in [0.1, 0.15) is 18.9 Å². The number of methoxy groups -OCH3 is 1. The summed E-state index contributed by atoms with van der Waals surface area (Å²) >= 11 is 0. The summed E-state index contributed by atoms with van der Waals surface area (Å²) in [5.74, 6) is -2.03. The maximum Gasteiger partial charge on any atom is 0.408 e. The molecule has 1 rings (SSSR count). The molecular weight excluding hydrogens is 354 g/mol. The van der Waals surface area contributed by atoms with Crippen molar-refractivity contribution in [3.63, 3.8) is 0 Å². The molecule has 0 aliphatic rings. The molecule has 0 bridgehead atoms. The lowest BCUT2D eigenvalue weighted by atomic mass is 10.0. The van der Waals surface area contributed by atoms with Gasteiger partial charge in [-0.05, 0) is 18.9 Å². The molecule has 1 aromatic rings. The Morgan fingerprint density at radius 2 is 1.85 bits per heavy atom. The van der Waals surface area contributed by atoms with Crippen LogP contribution in [-0.4, -0.2) is 48.9 Å². The van der Waals surface area contributed by atoms with E-state index in [-0.39, 0.29) is 13.0 Å². The van der Waals surface area contributed by atoms with E-state index in [1.807, 2.05) is 12.1 Å². The van der Waals surface area contributed by atoms with Crippen molar-refractivity contribution >= 4 is 18.0 Å². The maximum atomic E-state index is 12.3. The molecule has 0 saturated carbocycles. The molecule has 0 radical (unpaired) electrons. The number of nitrogens with one attached hydrogen (secondary N) is 2. The fraction of sp³-hybridized carbons (Fsp3) is 0.444. The first-order chi connectivity index (χ1) is 12.9. The number of carbonyl (C=O) groups is 3. The van der Waals surface area contributed by atoms with Gasteiger partial charge in [0.25, 0.3) is 0 Å². The Hall–Kier alpha value is -3.12. The van der Waals surface area contributed by atoms with Crippen LogP contribution in [0.25, 0.3) is 0 Å². The van der Waals surface area contributed by atoms with Crippen LogP contribution in [0.15, 0.2) is 30.3 Å². The summed E-state index contributed by atoms with van der Waals surface area (Å²) in [5.41, 5.74) is 0.758. The Kier molecular flexibility index (Phi) is 9.33. The zero-order chi connectivity index (χ0) is 20.2. The number of hydrogen-bond acceptors (Lipinski definition) is 7. The van der Waals surface area contributed by atoms with Crippen LogP contribution >= 0.6 is 0 Å². The number of aliphatic hydroxyl groups is 1. The van der Waals surface area contributed by atoms with E-state index in [1.165, 1.54) is 0 Å². The van der Waals surface area contributed by atoms with Crippen molar-refractivity contribution in [3.05, 3.63) is 35.9 Å². The molecule has 1 aromatic carbocycles. The summed E-state index contributed by atoms with van der Waals surface area (Å²) in [4.78, 5) is 35.9. The normalized spacial score (nSPS) is 13.4. The Labute approximate surface area is 157 Å². The summed E-state index contributed by atoms with van der Waals surface area (Å²) in [6.07, 6.45) is -0.862. The number of carbonyl (C=O) groups excluding carboxylic acids is 3. The zero-order valence-corrected chi connectivity index (χ0v) is 15.2. The van der Waals surface area contributed by atoms with Crippen LogP contribution in [-0.2, 0) is 25.7 Å². The van der Waals surface area contributed by atoms with Crippen LogP contribution in [0.3, 0.4) is 0 Å². The Morgan fingerprint density at radius 3 is 2.41 bits per heavy atom. The number of ether oxygens (including phenoxy) is 2. The van der Waals surface area contributed by atoms with Crippen molar-refractivity contribution in [2.45, 2.75) is 32.0 Å². The van der Waals surface area contributed by atoms with Gasteiger partial charge in [0.15, 0.2) is 0 Å². The quantitative estimate of drug-likeness (QED) is 0.532. The molecule has 146 valence electrons. The maximum absolute atomic E-state index is 12.3. The summed E-state index contributed by atoms with van der Waals surface area (Å²) in [7, 11) is 1.15. The average molecular weight is 377 g/mol. The summed E-state index contributed by atoms with van der Waals surface area (Å²) in [6, 6.07) is 8.48. The highest BCUT2D eigenvalue weighted by Crippen LogP contribution is 2.07. The zero-order valence-electron chi connectivity index (χ0n) is 15.2. The minimum Gasteiger partial charge on any atom is -0.467 e. The van der Waals surface area contributed by atoms with Crippen molar-refractivity contribution < 1.29 is 29.0 Å². The van der Waals surface area contributed by atoms with Crippen LogP contribution < -0.4 is 10.6 Å². The monoisotopic (exact) mass is 377 g/mol. The smallest absolute Gasteiger partial charge is 0.408 e. The molecule has 3 N–H and O–H groups in total. The molecule has 9 nitrogen and oxygen atoms in total. The van der Waals surface area contributed by atoms with E-state index in [2.05, 4.69) is 15.4 Å². The van der Waals surface area contributed by atoms with E-state index < -0.39 is 42.6 Å². The number of alkyl carbamates (subject to hydrolysis) is 1. The predicted octanol–water partition coefficient (Wildman–Crippen LogP) is 0.481. The highest BCUT2D eigenvalue weighted by atomic mass is 16.5. The number of benzene rings is 1. The molecule has 27 heavy (non-hydrogen) atoms. The molecule has 0 spiro atoms. The minimum absolute atomic E-state index is 0.00306. The Balaban J connectivity index is 2.61. The van der Waals surface area contributed by atoms with E-state index in [4.69, 9.17) is 10.00 Å². The van der Waals surface area contributed by atoms with Crippen molar-refractivity contribution in [1.29, 1.82) is 5.26 Å². The van der Waals surface area contributed by atoms with Gasteiger partial charge in [-0.25, -0.2) is 9.59 Å². The minimum atomic E-state index is -1.32. The van der Waals surface area contributed by atoms with Gasteiger partial charge in [-0.1, -0.05) is 30.3 Å². The number of hydrogen-bond donors (Lipinski definition) is 3. The van der Waals surface area contributed by atoms with Gasteiger partial charge in [0.2, 0.25) is 5.91 Å². The fourth-order valence-corrected chi connectivity index (χ4v) is 2.14. The molecule has 0 heterocycles. The first kappa shape index (κ1) is 21.9. The molecule has 9 heteroatoms. The Bertz CT molecular complexity index is 673. The number of rotatable bonds is 9. The molecule has 0 fully saturated rings. The Morgan fingerprint density at radius 1 is 1.19 bits per heavy atom. The number of aliphatic hydroxyl groups excluding tert-OH is 1. The summed E-state index contributed by atoms with van der Waals surface area (Å²) in [5, 5.41) is 22.8. The van der Waals surface area contributed by atoms with Gasteiger partial charge in [0.1, 0.15) is 18.7 Å². The number of nitrogens with zero attached hydrogens (tertiary/aromatic N) is 1. The number of nitriles is 1. The lowest BCUT2D eigenvalue weighted by molar-refractivity contribution is -0.145. The van der Waals surface area contributed by atoms with Crippen molar-refractivity contribution in [1.82, 2.24) is 10.6 Å². The third kappa shape index (κ3) is 7.75. The topological polar surface area (TPSA) is 138 Å². The van der Waals surface area contributed by atoms with E-state index in [0.717, 1.165) is 12.7 Å². The molecule has 0 aliphatic heterocycles. The van der Waals surface area contributed by atoms with Gasteiger partial charge in [0.05, 0.1) is 19.8 Å². The lowest BCUT2D eigenvalue weighted by Crippen LogP contribution is -2.53. The van der Waals surface area contributed by atoms with Gasteiger partial charge in [0, 0.05) is 5.92 Å². The first-order valence-electron chi connectivity index (χ1n) is 8.27. The second-order valence-electron chi connectivity index (χ2n) is 5.79. The standard InChI is InChI=1S/C18H23N3O6/c1-12(9-19)8-14(17(24)26-2)20-16(23)15(10-22)21-18(25)27-11-13-6-4-3-5-7-13/h3-7,12,14-15,22H,8,10-11H2,1-2H3,(H,20,23)(H,21,25)/t12-,14-,15-/m0/s1. The average Bonchev–Trinajstić information content (AvgIpc) is 2.69. The molecular formula is C18H23N3O6. The second-order valence-corrected chi connectivity index (χ2v) is 5.79. The number of amides is 2. The third-order valence-electron chi connectivity index (χ3n) is 3.62. The SMILES string of the molecule is COC(=O)[C@H](C[C@H](C)C#N)NC(=O)[C@H](CO)NC(=O)OCc1ccccc1. The molecule has 2 amide bonds. The van der Waals surface area contributed by atoms with Gasteiger partial charge < -0.3 is 25.2 Å². The van der Waals surface area contributed by atoms with E-state index in [0.29, 0.717) is 0 Å². The molecule has 0 aromatic heterocycles. The third-order valence-corrected chi connectivity index (χ3v) is 3.62. The van der Waals surface area contributed by atoms with Crippen LogP contribution in [0.4, 0.5) is 4.79 Å². The lowest BCUT2D eigenvalue weighted by Gasteiger charge is -2.21. The molecule has 0 aliphatic carbocycles. The van der Waals surface area contributed by atoms with Gasteiger partial charge in [-0.2, -0.15) is 5.26 Å². The van der Waals surface area contributed by atoms with Gasteiger partial charge in [-0.15, -0.1) is 0 Å². The van der Waals surface area contributed by atoms with Crippen molar-refractivity contribution in [2.75, 3.05) is 13.7 Å². The van der Waals surface area contributed by atoms with E-state index >= 15 is 0 Å². The van der Waals surface area contributed by atoms with E-state index in [1.54, 1.807) is 31.2 Å². The highest BCUT2D eigenvalue weighted by molar-refractivity contribution is 5.89. The summed E-state index contributed by atoms with van der Waals surface area (Å²) < 4.78 is 9.59. The highest BCUT2D eigenvalue weighted by Gasteiger charge is 2.28. The molecule has 0 unspecified atom stereocenters. The predicted molar refractivity (Wildman–Crippen MR) is 94.0 cm³/mol. The van der Waals surface area contributed by atoms with Crippen LogP contribution in [0, 0.1) is 17.2 Å². The van der Waals surface area contributed by atoms with Crippen LogP contribution in [0.5, 0.6) is 0 Å². The van der Waals surface area contributed by atoms with Crippen molar-refractivity contribution in [2.24, 2.45) is 5.92 Å². The fourth-order valence-electron chi connectivity index (χ4n) is 2.14. The largest absolute Gasteiger partial charge is 0.467 e. The van der Waals surface area contributed by atoms with Crippen LogP contribution in [0.2, 0.25) is 0 Å². The van der Waals surface area contributed by atoms with Crippen molar-refractivity contribution in [3.8, 4) is 6.07 Å². The summed E-state index contributed by atoms with van der Waals surface area (Å²) in [6.45, 7) is 0.885. The number of esters is 1. The second kappa shape index (κ2) is 11.5. The molecule has 3 atom stereocenters. The first-order valence-corrected chi connectivity index (χ1v) is 8.27.